The largest absolute Gasteiger partial charge is 0.480 e. The molecular formula is C10H20N2O3. The summed E-state index contributed by atoms with van der Waals surface area (Å²) < 4.78 is 0. The molecule has 0 bridgehead atoms. The van der Waals surface area contributed by atoms with Crippen molar-refractivity contribution in [2.24, 2.45) is 0 Å². The number of likely N-dealkylation sites (N-methyl/N-ethyl adjacent to an activating group) is 1. The molecule has 0 heterocycles. The number of carbonyl (C=O) groups excluding carboxylic acids is 1. The van der Waals surface area contributed by atoms with Gasteiger partial charge in [0.15, 0.2) is 0 Å². The van der Waals surface area contributed by atoms with Crippen LogP contribution in [0.15, 0.2) is 0 Å². The maximum absolute atomic E-state index is 11.4. The van der Waals surface area contributed by atoms with Crippen molar-refractivity contribution in [3.05, 3.63) is 0 Å². The van der Waals surface area contributed by atoms with Gasteiger partial charge in [0.1, 0.15) is 6.54 Å². The maximum atomic E-state index is 11.4. The van der Waals surface area contributed by atoms with Crippen LogP contribution in [0.2, 0.25) is 0 Å². The van der Waals surface area contributed by atoms with E-state index >= 15 is 0 Å². The van der Waals surface area contributed by atoms with E-state index in [1.807, 2.05) is 20.8 Å². The summed E-state index contributed by atoms with van der Waals surface area (Å²) in [6.45, 7) is 6.36. The summed E-state index contributed by atoms with van der Waals surface area (Å²) in [6, 6.07) is 0. The van der Waals surface area contributed by atoms with Crippen LogP contribution in [0.5, 0.6) is 0 Å². The lowest BCUT2D eigenvalue weighted by molar-refractivity contribution is -0.143. The third-order valence-corrected chi connectivity index (χ3v) is 1.79. The van der Waals surface area contributed by atoms with Crippen LogP contribution in [0.1, 0.15) is 27.2 Å². The predicted molar refractivity (Wildman–Crippen MR) is 57.6 cm³/mol. The number of hydrogen-bond acceptors (Lipinski definition) is 3. The van der Waals surface area contributed by atoms with Gasteiger partial charge in [0.2, 0.25) is 5.91 Å². The number of nitrogens with one attached hydrogen (secondary N) is 1. The monoisotopic (exact) mass is 216 g/mol. The van der Waals surface area contributed by atoms with Gasteiger partial charge in [-0.1, -0.05) is 0 Å². The molecule has 0 spiro atoms. The minimum atomic E-state index is -0.991. The van der Waals surface area contributed by atoms with Gasteiger partial charge >= 0.3 is 5.97 Å². The summed E-state index contributed by atoms with van der Waals surface area (Å²) in [5.41, 5.74) is -0.0222. The highest BCUT2D eigenvalue weighted by Crippen LogP contribution is 1.98. The summed E-state index contributed by atoms with van der Waals surface area (Å²) >= 11 is 0. The Labute approximate surface area is 90.5 Å². The third kappa shape index (κ3) is 7.93. The second kappa shape index (κ2) is 5.70. The van der Waals surface area contributed by atoms with E-state index < -0.39 is 5.97 Å². The molecular weight excluding hydrogens is 196 g/mol. The second-order valence-corrected chi connectivity index (χ2v) is 4.57. The molecule has 2 N–H and O–H groups in total. The van der Waals surface area contributed by atoms with Crippen LogP contribution in [0, 0.1) is 0 Å². The topological polar surface area (TPSA) is 69.6 Å². The third-order valence-electron chi connectivity index (χ3n) is 1.79. The summed E-state index contributed by atoms with van der Waals surface area (Å²) in [5.74, 6) is -1.15. The van der Waals surface area contributed by atoms with E-state index in [1.165, 1.54) is 11.9 Å². The van der Waals surface area contributed by atoms with Gasteiger partial charge in [-0.05, 0) is 20.8 Å². The first-order chi connectivity index (χ1) is 6.72. The van der Waals surface area contributed by atoms with E-state index in [0.717, 1.165) is 0 Å². The van der Waals surface area contributed by atoms with Crippen LogP contribution in [0.4, 0.5) is 0 Å². The lowest BCUT2D eigenvalue weighted by Gasteiger charge is -2.21. The molecule has 0 aliphatic rings. The van der Waals surface area contributed by atoms with E-state index in [1.54, 1.807) is 0 Å². The average molecular weight is 216 g/mol. The fraction of sp³-hybridized carbons (Fsp3) is 0.800. The molecule has 5 nitrogen and oxygen atoms in total. The molecule has 0 aromatic heterocycles. The molecule has 88 valence electrons. The molecule has 0 fully saturated rings. The van der Waals surface area contributed by atoms with Crippen LogP contribution in [-0.4, -0.2) is 47.6 Å². The zero-order valence-electron chi connectivity index (χ0n) is 9.83. The Hall–Kier alpha value is -1.10. The highest BCUT2D eigenvalue weighted by Gasteiger charge is 2.13. The van der Waals surface area contributed by atoms with Gasteiger partial charge in [0.05, 0.1) is 0 Å². The summed E-state index contributed by atoms with van der Waals surface area (Å²) in [4.78, 5) is 22.9. The number of carbonyl (C=O) groups is 2. The van der Waals surface area contributed by atoms with Crippen LogP contribution in [0.25, 0.3) is 0 Å². The van der Waals surface area contributed by atoms with Crippen molar-refractivity contribution < 1.29 is 14.7 Å². The normalized spacial score (nSPS) is 11.2. The van der Waals surface area contributed by atoms with Crippen molar-refractivity contribution in [2.45, 2.75) is 32.7 Å². The molecule has 0 unspecified atom stereocenters. The van der Waals surface area contributed by atoms with Gasteiger partial charge in [-0.25, -0.2) is 0 Å². The minimum Gasteiger partial charge on any atom is -0.480 e. The SMILES string of the molecule is CN(CC(=O)O)C(=O)CCNC(C)(C)C. The molecule has 5 heteroatoms. The minimum absolute atomic E-state index is 0.0222. The number of rotatable bonds is 5. The summed E-state index contributed by atoms with van der Waals surface area (Å²) in [7, 11) is 1.49. The first kappa shape index (κ1) is 13.9. The lowest BCUT2D eigenvalue weighted by Crippen LogP contribution is -2.39. The molecule has 0 saturated heterocycles. The van der Waals surface area contributed by atoms with Crippen LogP contribution < -0.4 is 5.32 Å². The van der Waals surface area contributed by atoms with E-state index in [0.29, 0.717) is 13.0 Å². The molecule has 0 aromatic rings. The van der Waals surface area contributed by atoms with Crippen LogP contribution >= 0.6 is 0 Å². The van der Waals surface area contributed by atoms with Gasteiger partial charge in [0, 0.05) is 25.6 Å². The molecule has 0 atom stereocenters. The predicted octanol–water partition coefficient (Wildman–Crippen LogP) is 0.308. The number of amides is 1. The average Bonchev–Trinajstić information content (AvgIpc) is 2.00. The Morgan fingerprint density at radius 3 is 2.27 bits per heavy atom. The van der Waals surface area contributed by atoms with Crippen molar-refractivity contribution in [1.82, 2.24) is 10.2 Å². The first-order valence-corrected chi connectivity index (χ1v) is 4.93. The van der Waals surface area contributed by atoms with E-state index in [4.69, 9.17) is 5.11 Å². The first-order valence-electron chi connectivity index (χ1n) is 4.93. The van der Waals surface area contributed by atoms with Crippen molar-refractivity contribution in [3.63, 3.8) is 0 Å². The van der Waals surface area contributed by atoms with Crippen molar-refractivity contribution in [3.8, 4) is 0 Å². The molecule has 0 radical (unpaired) electrons. The molecule has 0 aliphatic heterocycles. The van der Waals surface area contributed by atoms with Crippen molar-refractivity contribution >= 4 is 11.9 Å². The van der Waals surface area contributed by atoms with Crippen molar-refractivity contribution in [2.75, 3.05) is 20.1 Å². The van der Waals surface area contributed by atoms with E-state index in [9.17, 15) is 9.59 Å². The van der Waals surface area contributed by atoms with Gasteiger partial charge in [-0.15, -0.1) is 0 Å². The molecule has 0 rings (SSSR count). The fourth-order valence-corrected chi connectivity index (χ4v) is 1.03. The number of carboxylic acids is 1. The Bertz CT molecular complexity index is 233. The molecule has 0 saturated carbocycles. The van der Waals surface area contributed by atoms with Crippen LogP contribution in [0.3, 0.4) is 0 Å². The Morgan fingerprint density at radius 2 is 1.87 bits per heavy atom. The maximum Gasteiger partial charge on any atom is 0.323 e. The van der Waals surface area contributed by atoms with Gasteiger partial charge in [-0.2, -0.15) is 0 Å². The fourth-order valence-electron chi connectivity index (χ4n) is 1.03. The highest BCUT2D eigenvalue weighted by atomic mass is 16.4. The Kier molecular flexibility index (Phi) is 5.28. The standard InChI is InChI=1S/C10H20N2O3/c1-10(2,3)11-6-5-8(13)12(4)7-9(14)15/h11H,5-7H2,1-4H3,(H,14,15). The molecule has 0 aromatic carbocycles. The quantitative estimate of drug-likeness (QED) is 0.694. The number of nitrogens with zero attached hydrogens (tertiary/aromatic N) is 1. The second-order valence-electron chi connectivity index (χ2n) is 4.57. The van der Waals surface area contributed by atoms with Gasteiger partial charge < -0.3 is 15.3 Å². The summed E-state index contributed by atoms with van der Waals surface area (Å²) in [6.07, 6.45) is 0.320. The number of carboxylic acid groups (broad SMARTS) is 1. The van der Waals surface area contributed by atoms with E-state index in [2.05, 4.69) is 5.32 Å². The number of aliphatic carboxylic acids is 1. The molecule has 15 heavy (non-hydrogen) atoms. The lowest BCUT2D eigenvalue weighted by atomic mass is 10.1. The zero-order valence-corrected chi connectivity index (χ0v) is 9.83. The van der Waals surface area contributed by atoms with Crippen molar-refractivity contribution in [1.29, 1.82) is 0 Å². The Morgan fingerprint density at radius 1 is 1.33 bits per heavy atom. The van der Waals surface area contributed by atoms with Gasteiger partial charge in [-0.3, -0.25) is 9.59 Å². The number of hydrogen-bond donors (Lipinski definition) is 2. The smallest absolute Gasteiger partial charge is 0.323 e. The van der Waals surface area contributed by atoms with E-state index in [-0.39, 0.29) is 18.0 Å². The molecule has 0 aliphatic carbocycles. The Balaban J connectivity index is 3.79. The highest BCUT2D eigenvalue weighted by molar-refractivity contribution is 5.81. The van der Waals surface area contributed by atoms with Crippen LogP contribution in [-0.2, 0) is 9.59 Å². The van der Waals surface area contributed by atoms with Gasteiger partial charge in [0.25, 0.3) is 0 Å². The molecule has 1 amide bonds. The zero-order chi connectivity index (χ0) is 12.1. The summed E-state index contributed by atoms with van der Waals surface area (Å²) in [5, 5.41) is 11.6.